The summed E-state index contributed by atoms with van der Waals surface area (Å²) in [6, 6.07) is 0. The highest BCUT2D eigenvalue weighted by Crippen LogP contribution is 2.13. The fourth-order valence-corrected chi connectivity index (χ4v) is 1.86. The molecule has 2 heteroatoms. The third kappa shape index (κ3) is 3.65. The standard InChI is InChI=1S/C11H23NO/c1-3-10(2)11(13)9-12-7-5-4-6-8-12/h10-11,13H,3-9H2,1-2H3. The molecule has 0 radical (unpaired) electrons. The second-order valence-corrected chi connectivity index (χ2v) is 4.31. The first-order valence-electron chi connectivity index (χ1n) is 5.64. The van der Waals surface area contributed by atoms with Crippen molar-refractivity contribution < 1.29 is 5.11 Å². The molecule has 78 valence electrons. The van der Waals surface area contributed by atoms with Gasteiger partial charge in [0.15, 0.2) is 0 Å². The predicted molar refractivity (Wildman–Crippen MR) is 55.8 cm³/mol. The number of likely N-dealkylation sites (tertiary alicyclic amines) is 1. The molecule has 1 rings (SSSR count). The summed E-state index contributed by atoms with van der Waals surface area (Å²) in [7, 11) is 0. The molecule has 2 nitrogen and oxygen atoms in total. The monoisotopic (exact) mass is 185 g/mol. The number of hydrogen-bond donors (Lipinski definition) is 1. The first-order valence-corrected chi connectivity index (χ1v) is 5.64. The maximum Gasteiger partial charge on any atom is 0.0692 e. The van der Waals surface area contributed by atoms with Crippen molar-refractivity contribution in [3.8, 4) is 0 Å². The van der Waals surface area contributed by atoms with E-state index in [4.69, 9.17) is 0 Å². The Morgan fingerprint density at radius 2 is 1.85 bits per heavy atom. The van der Waals surface area contributed by atoms with Crippen LogP contribution in [0.5, 0.6) is 0 Å². The summed E-state index contributed by atoms with van der Waals surface area (Å²) in [6.07, 6.45) is 4.95. The zero-order valence-corrected chi connectivity index (χ0v) is 9.00. The second-order valence-electron chi connectivity index (χ2n) is 4.31. The highest BCUT2D eigenvalue weighted by Gasteiger charge is 2.17. The molecule has 0 amide bonds. The summed E-state index contributed by atoms with van der Waals surface area (Å²) < 4.78 is 0. The zero-order chi connectivity index (χ0) is 9.68. The third-order valence-electron chi connectivity index (χ3n) is 3.19. The van der Waals surface area contributed by atoms with Crippen LogP contribution in [0.2, 0.25) is 0 Å². The van der Waals surface area contributed by atoms with Gasteiger partial charge >= 0.3 is 0 Å². The van der Waals surface area contributed by atoms with Crippen LogP contribution < -0.4 is 0 Å². The van der Waals surface area contributed by atoms with Gasteiger partial charge in [0.2, 0.25) is 0 Å². The molecule has 0 aliphatic carbocycles. The van der Waals surface area contributed by atoms with Gasteiger partial charge in [0.05, 0.1) is 6.10 Å². The highest BCUT2D eigenvalue weighted by atomic mass is 16.3. The Labute approximate surface area is 81.9 Å². The summed E-state index contributed by atoms with van der Waals surface area (Å²) in [5, 5.41) is 9.83. The van der Waals surface area contributed by atoms with Gasteiger partial charge in [-0.1, -0.05) is 26.7 Å². The Morgan fingerprint density at radius 1 is 1.23 bits per heavy atom. The lowest BCUT2D eigenvalue weighted by molar-refractivity contribution is 0.0612. The molecule has 1 aliphatic rings. The van der Waals surface area contributed by atoms with Crippen molar-refractivity contribution in [1.29, 1.82) is 0 Å². The maximum atomic E-state index is 9.83. The van der Waals surface area contributed by atoms with Crippen LogP contribution in [-0.2, 0) is 0 Å². The minimum absolute atomic E-state index is 0.122. The summed E-state index contributed by atoms with van der Waals surface area (Å²) in [5.74, 6) is 0.446. The van der Waals surface area contributed by atoms with Crippen LogP contribution in [0.15, 0.2) is 0 Å². The molecule has 1 heterocycles. The summed E-state index contributed by atoms with van der Waals surface area (Å²) in [4.78, 5) is 2.40. The van der Waals surface area contributed by atoms with Gasteiger partial charge < -0.3 is 10.0 Å². The zero-order valence-electron chi connectivity index (χ0n) is 9.00. The van der Waals surface area contributed by atoms with E-state index in [1.807, 2.05) is 0 Å². The number of piperidine rings is 1. The summed E-state index contributed by atoms with van der Waals surface area (Å²) in [5.41, 5.74) is 0. The molecule has 0 bridgehead atoms. The molecule has 1 fully saturated rings. The largest absolute Gasteiger partial charge is 0.392 e. The molecule has 13 heavy (non-hydrogen) atoms. The molecule has 1 N–H and O–H groups in total. The number of rotatable bonds is 4. The van der Waals surface area contributed by atoms with Gasteiger partial charge in [-0.15, -0.1) is 0 Å². The van der Waals surface area contributed by atoms with Crippen molar-refractivity contribution in [2.45, 2.75) is 45.6 Å². The quantitative estimate of drug-likeness (QED) is 0.723. The Bertz CT molecular complexity index is 132. The second kappa shape index (κ2) is 5.61. The van der Waals surface area contributed by atoms with Gasteiger partial charge in [-0.3, -0.25) is 0 Å². The molecule has 0 saturated carbocycles. The molecular weight excluding hydrogens is 162 g/mol. The number of aliphatic hydroxyl groups is 1. The molecule has 0 aromatic heterocycles. The minimum atomic E-state index is -0.122. The number of β-amino-alcohol motifs (C(OH)–C–C–N with tert-alkyl or cyclic N) is 1. The van der Waals surface area contributed by atoms with Gasteiger partial charge in [0, 0.05) is 6.54 Å². The van der Waals surface area contributed by atoms with E-state index in [2.05, 4.69) is 18.7 Å². The predicted octanol–water partition coefficient (Wildman–Crippen LogP) is 1.88. The van der Waals surface area contributed by atoms with E-state index in [-0.39, 0.29) is 6.10 Å². The van der Waals surface area contributed by atoms with E-state index in [1.165, 1.54) is 32.4 Å². The van der Waals surface area contributed by atoms with E-state index in [9.17, 15) is 5.11 Å². The average Bonchev–Trinajstić information content (AvgIpc) is 2.18. The normalized spacial score (nSPS) is 24.2. The minimum Gasteiger partial charge on any atom is -0.392 e. The van der Waals surface area contributed by atoms with Gasteiger partial charge in [-0.25, -0.2) is 0 Å². The third-order valence-corrected chi connectivity index (χ3v) is 3.19. The fraction of sp³-hybridized carbons (Fsp3) is 1.00. The van der Waals surface area contributed by atoms with Crippen molar-refractivity contribution in [3.63, 3.8) is 0 Å². The van der Waals surface area contributed by atoms with Crippen molar-refractivity contribution in [3.05, 3.63) is 0 Å². The van der Waals surface area contributed by atoms with Crippen LogP contribution in [-0.4, -0.2) is 35.7 Å². The molecule has 1 saturated heterocycles. The van der Waals surface area contributed by atoms with Crippen molar-refractivity contribution >= 4 is 0 Å². The van der Waals surface area contributed by atoms with Crippen LogP contribution in [0.4, 0.5) is 0 Å². The Hall–Kier alpha value is -0.0800. The molecule has 2 unspecified atom stereocenters. The maximum absolute atomic E-state index is 9.83. The number of nitrogens with zero attached hydrogens (tertiary/aromatic N) is 1. The van der Waals surface area contributed by atoms with Crippen LogP contribution in [0.1, 0.15) is 39.5 Å². The van der Waals surface area contributed by atoms with Crippen LogP contribution >= 0.6 is 0 Å². The van der Waals surface area contributed by atoms with Crippen molar-refractivity contribution in [1.82, 2.24) is 4.90 Å². The summed E-state index contributed by atoms with van der Waals surface area (Å²) >= 11 is 0. The van der Waals surface area contributed by atoms with Gasteiger partial charge in [-0.05, 0) is 31.8 Å². The fourth-order valence-electron chi connectivity index (χ4n) is 1.86. The lowest BCUT2D eigenvalue weighted by atomic mass is 10.0. The molecule has 0 spiro atoms. The van der Waals surface area contributed by atoms with Crippen LogP contribution in [0.25, 0.3) is 0 Å². The number of aliphatic hydroxyl groups excluding tert-OH is 1. The highest BCUT2D eigenvalue weighted by molar-refractivity contribution is 4.71. The van der Waals surface area contributed by atoms with Crippen molar-refractivity contribution in [2.75, 3.05) is 19.6 Å². The Balaban J connectivity index is 2.21. The van der Waals surface area contributed by atoms with Gasteiger partial charge in [-0.2, -0.15) is 0 Å². The lowest BCUT2D eigenvalue weighted by Gasteiger charge is -2.30. The average molecular weight is 185 g/mol. The number of hydrogen-bond acceptors (Lipinski definition) is 2. The topological polar surface area (TPSA) is 23.5 Å². The Kier molecular flexibility index (Phi) is 4.74. The summed E-state index contributed by atoms with van der Waals surface area (Å²) in [6.45, 7) is 7.54. The SMILES string of the molecule is CCC(C)C(O)CN1CCCCC1. The first-order chi connectivity index (χ1) is 6.24. The van der Waals surface area contributed by atoms with E-state index in [0.717, 1.165) is 13.0 Å². The lowest BCUT2D eigenvalue weighted by Crippen LogP contribution is -2.38. The van der Waals surface area contributed by atoms with E-state index in [1.54, 1.807) is 0 Å². The smallest absolute Gasteiger partial charge is 0.0692 e. The molecule has 0 aromatic carbocycles. The van der Waals surface area contributed by atoms with E-state index in [0.29, 0.717) is 5.92 Å². The molecule has 2 atom stereocenters. The van der Waals surface area contributed by atoms with Crippen LogP contribution in [0.3, 0.4) is 0 Å². The van der Waals surface area contributed by atoms with E-state index < -0.39 is 0 Å². The molecule has 1 aliphatic heterocycles. The molecule has 0 aromatic rings. The van der Waals surface area contributed by atoms with E-state index >= 15 is 0 Å². The first kappa shape index (κ1) is 11.0. The van der Waals surface area contributed by atoms with Gasteiger partial charge in [0.1, 0.15) is 0 Å². The van der Waals surface area contributed by atoms with Gasteiger partial charge in [0.25, 0.3) is 0 Å². The van der Waals surface area contributed by atoms with Crippen LogP contribution in [0, 0.1) is 5.92 Å². The Morgan fingerprint density at radius 3 is 2.38 bits per heavy atom. The van der Waals surface area contributed by atoms with Crippen molar-refractivity contribution in [2.24, 2.45) is 5.92 Å². The molecular formula is C11H23NO.